The molecule has 2 aromatic rings. The van der Waals surface area contributed by atoms with Crippen LogP contribution >= 0.6 is 0 Å². The molecule has 0 radical (unpaired) electrons. The zero-order valence-electron chi connectivity index (χ0n) is 15.2. The number of ether oxygens (including phenoxy) is 1. The smallest absolute Gasteiger partial charge is 0.321 e. The lowest BCUT2D eigenvalue weighted by atomic mass is 10.1. The van der Waals surface area contributed by atoms with E-state index in [9.17, 15) is 18.0 Å². The Morgan fingerprint density at radius 3 is 2.33 bits per heavy atom. The van der Waals surface area contributed by atoms with Gasteiger partial charge in [0.15, 0.2) is 6.61 Å². The highest BCUT2D eigenvalue weighted by Gasteiger charge is 2.16. The lowest BCUT2D eigenvalue weighted by Crippen LogP contribution is -2.33. The minimum atomic E-state index is -3.81. The minimum absolute atomic E-state index is 0.0527. The van der Waals surface area contributed by atoms with Crippen LogP contribution in [0.5, 0.6) is 0 Å². The first-order valence-electron chi connectivity index (χ1n) is 8.31. The van der Waals surface area contributed by atoms with Crippen molar-refractivity contribution in [1.82, 2.24) is 10.0 Å². The van der Waals surface area contributed by atoms with Gasteiger partial charge in [0.05, 0.1) is 4.90 Å². The molecule has 0 aliphatic heterocycles. The summed E-state index contributed by atoms with van der Waals surface area (Å²) in [4.78, 5) is 23.5. The topological polar surface area (TPSA) is 102 Å². The quantitative estimate of drug-likeness (QED) is 0.664. The van der Waals surface area contributed by atoms with Crippen LogP contribution in [-0.2, 0) is 30.9 Å². The first-order chi connectivity index (χ1) is 12.8. The summed E-state index contributed by atoms with van der Waals surface area (Å²) in [5, 5.41) is 2.64. The van der Waals surface area contributed by atoms with E-state index in [1.165, 1.54) is 12.1 Å². The van der Waals surface area contributed by atoms with Gasteiger partial charge in [0.1, 0.15) is 6.54 Å². The lowest BCUT2D eigenvalue weighted by molar-refractivity contribution is -0.147. The van der Waals surface area contributed by atoms with Gasteiger partial charge < -0.3 is 10.1 Å². The summed E-state index contributed by atoms with van der Waals surface area (Å²) < 4.78 is 31.1. The summed E-state index contributed by atoms with van der Waals surface area (Å²) in [5.41, 5.74) is 2.92. The van der Waals surface area contributed by atoms with E-state index in [0.717, 1.165) is 16.7 Å². The zero-order valence-corrected chi connectivity index (χ0v) is 16.0. The van der Waals surface area contributed by atoms with Crippen molar-refractivity contribution in [3.63, 3.8) is 0 Å². The predicted molar refractivity (Wildman–Crippen MR) is 100 cm³/mol. The Labute approximate surface area is 158 Å². The first-order valence-corrected chi connectivity index (χ1v) is 9.79. The number of esters is 1. The highest BCUT2D eigenvalue weighted by Crippen LogP contribution is 2.09. The van der Waals surface area contributed by atoms with Gasteiger partial charge in [0.25, 0.3) is 5.91 Å². The summed E-state index contributed by atoms with van der Waals surface area (Å²) >= 11 is 0. The van der Waals surface area contributed by atoms with Crippen molar-refractivity contribution in [2.45, 2.75) is 25.3 Å². The summed E-state index contributed by atoms with van der Waals surface area (Å²) in [6, 6.07) is 13.8. The predicted octanol–water partition coefficient (Wildman–Crippen LogP) is 1.44. The Balaban J connectivity index is 1.74. The molecule has 7 nitrogen and oxygen atoms in total. The molecule has 8 heteroatoms. The number of rotatable bonds is 8. The molecule has 0 aromatic heterocycles. The molecule has 0 unspecified atom stereocenters. The van der Waals surface area contributed by atoms with Crippen LogP contribution in [0.15, 0.2) is 53.4 Å². The molecule has 0 aliphatic carbocycles. The first kappa shape index (κ1) is 20.6. The fraction of sp³-hybridized carbons (Fsp3) is 0.263. The van der Waals surface area contributed by atoms with Crippen LogP contribution in [0, 0.1) is 13.8 Å². The van der Waals surface area contributed by atoms with Gasteiger partial charge in [-0.05, 0) is 37.1 Å². The number of sulfonamides is 1. The molecule has 0 aliphatic rings. The Hall–Kier alpha value is -2.71. The van der Waals surface area contributed by atoms with E-state index >= 15 is 0 Å². The molecule has 1 amide bonds. The van der Waals surface area contributed by atoms with Crippen LogP contribution in [0.25, 0.3) is 0 Å². The van der Waals surface area contributed by atoms with Crippen LogP contribution in [0.2, 0.25) is 0 Å². The SMILES string of the molecule is Cc1ccc(S(=O)(=O)NCC(=O)OCC(=O)NCc2ccccc2C)cc1. The third-order valence-corrected chi connectivity index (χ3v) is 5.26. The van der Waals surface area contributed by atoms with Crippen molar-refractivity contribution >= 4 is 21.9 Å². The number of hydrogen-bond donors (Lipinski definition) is 2. The van der Waals surface area contributed by atoms with Crippen LogP contribution < -0.4 is 10.0 Å². The maximum atomic E-state index is 12.1. The molecule has 2 rings (SSSR count). The Kier molecular flexibility index (Phi) is 7.09. The van der Waals surface area contributed by atoms with Crippen LogP contribution in [-0.4, -0.2) is 33.4 Å². The number of hydrogen-bond acceptors (Lipinski definition) is 5. The van der Waals surface area contributed by atoms with Crippen LogP contribution in [0.1, 0.15) is 16.7 Å². The van der Waals surface area contributed by atoms with Crippen LogP contribution in [0.3, 0.4) is 0 Å². The van der Waals surface area contributed by atoms with Gasteiger partial charge in [-0.2, -0.15) is 4.72 Å². The van der Waals surface area contributed by atoms with E-state index in [-0.39, 0.29) is 4.90 Å². The Morgan fingerprint density at radius 1 is 1.00 bits per heavy atom. The molecule has 2 N–H and O–H groups in total. The zero-order chi connectivity index (χ0) is 19.9. The number of carbonyl (C=O) groups excluding carboxylic acids is 2. The highest BCUT2D eigenvalue weighted by molar-refractivity contribution is 7.89. The molecule has 0 fully saturated rings. The third kappa shape index (κ3) is 6.50. The number of aryl methyl sites for hydroxylation is 2. The monoisotopic (exact) mass is 390 g/mol. The normalized spacial score (nSPS) is 11.0. The summed E-state index contributed by atoms with van der Waals surface area (Å²) in [6.07, 6.45) is 0. The van der Waals surface area contributed by atoms with Gasteiger partial charge in [0, 0.05) is 6.54 Å². The molecular formula is C19H22N2O5S. The average molecular weight is 390 g/mol. The standard InChI is InChI=1S/C19H22N2O5S/c1-14-7-9-17(10-8-14)27(24,25)21-12-19(23)26-13-18(22)20-11-16-6-4-3-5-15(16)2/h3-10,21H,11-13H2,1-2H3,(H,20,22). The van der Waals surface area contributed by atoms with E-state index in [1.807, 2.05) is 38.1 Å². The van der Waals surface area contributed by atoms with Crippen molar-refractivity contribution in [3.8, 4) is 0 Å². The molecule has 27 heavy (non-hydrogen) atoms. The fourth-order valence-corrected chi connectivity index (χ4v) is 3.17. The van der Waals surface area contributed by atoms with Crippen molar-refractivity contribution < 1.29 is 22.7 Å². The molecule has 0 saturated carbocycles. The second-order valence-corrected chi connectivity index (χ2v) is 7.77. The Bertz CT molecular complexity index is 908. The molecule has 2 aromatic carbocycles. The van der Waals surface area contributed by atoms with Gasteiger partial charge in [-0.25, -0.2) is 8.42 Å². The fourth-order valence-electron chi connectivity index (χ4n) is 2.21. The molecule has 0 heterocycles. The van der Waals surface area contributed by atoms with Gasteiger partial charge in [-0.3, -0.25) is 9.59 Å². The van der Waals surface area contributed by atoms with E-state index in [2.05, 4.69) is 10.0 Å². The number of benzene rings is 2. The van der Waals surface area contributed by atoms with Crippen LogP contribution in [0.4, 0.5) is 0 Å². The molecule has 0 atom stereocenters. The molecule has 0 spiro atoms. The maximum absolute atomic E-state index is 12.1. The largest absolute Gasteiger partial charge is 0.455 e. The maximum Gasteiger partial charge on any atom is 0.321 e. The summed E-state index contributed by atoms with van der Waals surface area (Å²) in [6.45, 7) is 3.06. The van der Waals surface area contributed by atoms with Gasteiger partial charge in [-0.15, -0.1) is 0 Å². The van der Waals surface area contributed by atoms with Gasteiger partial charge >= 0.3 is 5.97 Å². The third-order valence-electron chi connectivity index (χ3n) is 3.84. The summed E-state index contributed by atoms with van der Waals surface area (Å²) in [5.74, 6) is -1.30. The number of nitrogens with one attached hydrogen (secondary N) is 2. The second kappa shape index (κ2) is 9.29. The number of carbonyl (C=O) groups is 2. The minimum Gasteiger partial charge on any atom is -0.455 e. The lowest BCUT2D eigenvalue weighted by Gasteiger charge is -2.09. The average Bonchev–Trinajstić information content (AvgIpc) is 2.64. The second-order valence-electron chi connectivity index (χ2n) is 6.00. The van der Waals surface area contributed by atoms with Crippen molar-refractivity contribution in [3.05, 3.63) is 65.2 Å². The summed E-state index contributed by atoms with van der Waals surface area (Å²) in [7, 11) is -3.81. The van der Waals surface area contributed by atoms with E-state index < -0.39 is 35.1 Å². The Morgan fingerprint density at radius 2 is 1.67 bits per heavy atom. The van der Waals surface area contributed by atoms with Gasteiger partial charge in [0.2, 0.25) is 10.0 Å². The molecule has 0 saturated heterocycles. The van der Waals surface area contributed by atoms with Crippen molar-refractivity contribution in [2.24, 2.45) is 0 Å². The molecular weight excluding hydrogens is 368 g/mol. The van der Waals surface area contributed by atoms with Crippen molar-refractivity contribution in [1.29, 1.82) is 0 Å². The van der Waals surface area contributed by atoms with Gasteiger partial charge in [-0.1, -0.05) is 42.0 Å². The molecule has 0 bridgehead atoms. The van der Waals surface area contributed by atoms with Crippen molar-refractivity contribution in [2.75, 3.05) is 13.2 Å². The van der Waals surface area contributed by atoms with E-state index in [4.69, 9.17) is 4.74 Å². The molecule has 144 valence electrons. The van der Waals surface area contributed by atoms with E-state index in [0.29, 0.717) is 6.54 Å². The number of amides is 1. The van der Waals surface area contributed by atoms with E-state index in [1.54, 1.807) is 12.1 Å². The highest BCUT2D eigenvalue weighted by atomic mass is 32.2.